The maximum absolute atomic E-state index is 11.9. The van der Waals surface area contributed by atoms with E-state index >= 15 is 0 Å². The molecule has 106 valence electrons. The van der Waals surface area contributed by atoms with E-state index in [9.17, 15) is 4.79 Å². The summed E-state index contributed by atoms with van der Waals surface area (Å²) in [5.74, 6) is 0.590. The third-order valence-corrected chi connectivity index (χ3v) is 3.32. The summed E-state index contributed by atoms with van der Waals surface area (Å²) < 4.78 is 6.40. The standard InChI is InChI=1S/C14H16ClN3O2/c1-8(16)10-7-12(17-18(2)14(10)19)9-4-5-13(20-3)11(15)6-9/h4-8H,16H2,1-3H3. The fourth-order valence-electron chi connectivity index (χ4n) is 1.92. The van der Waals surface area contributed by atoms with Crippen LogP contribution in [0.2, 0.25) is 5.02 Å². The Kier molecular flexibility index (Phi) is 4.11. The van der Waals surface area contributed by atoms with Crippen molar-refractivity contribution in [3.8, 4) is 17.0 Å². The zero-order valence-corrected chi connectivity index (χ0v) is 12.3. The molecule has 0 bridgehead atoms. The second kappa shape index (κ2) is 5.64. The Morgan fingerprint density at radius 2 is 2.10 bits per heavy atom. The van der Waals surface area contributed by atoms with Gasteiger partial charge in [0.25, 0.3) is 5.56 Å². The normalized spacial score (nSPS) is 12.2. The van der Waals surface area contributed by atoms with Gasteiger partial charge in [-0.05, 0) is 31.2 Å². The molecule has 0 spiro atoms. The average molecular weight is 294 g/mol. The summed E-state index contributed by atoms with van der Waals surface area (Å²) in [5, 5.41) is 4.72. The molecule has 2 aromatic rings. The molecule has 1 aromatic heterocycles. The van der Waals surface area contributed by atoms with E-state index in [-0.39, 0.29) is 11.6 Å². The Morgan fingerprint density at radius 3 is 2.65 bits per heavy atom. The van der Waals surface area contributed by atoms with Crippen LogP contribution >= 0.6 is 11.6 Å². The van der Waals surface area contributed by atoms with E-state index in [1.165, 1.54) is 4.68 Å². The molecule has 6 heteroatoms. The number of hydrogen-bond acceptors (Lipinski definition) is 4. The van der Waals surface area contributed by atoms with Gasteiger partial charge in [-0.15, -0.1) is 0 Å². The zero-order valence-electron chi connectivity index (χ0n) is 11.6. The molecule has 20 heavy (non-hydrogen) atoms. The van der Waals surface area contributed by atoms with Gasteiger partial charge < -0.3 is 10.5 Å². The van der Waals surface area contributed by atoms with E-state index in [0.29, 0.717) is 22.0 Å². The SMILES string of the molecule is COc1ccc(-c2cc(C(C)N)c(=O)n(C)n2)cc1Cl. The first-order valence-corrected chi connectivity index (χ1v) is 6.49. The summed E-state index contributed by atoms with van der Waals surface area (Å²) in [6.07, 6.45) is 0. The molecule has 2 rings (SSSR count). The van der Waals surface area contributed by atoms with Gasteiger partial charge in [0, 0.05) is 24.2 Å². The summed E-state index contributed by atoms with van der Waals surface area (Å²) in [7, 11) is 3.16. The van der Waals surface area contributed by atoms with E-state index in [2.05, 4.69) is 5.10 Å². The summed E-state index contributed by atoms with van der Waals surface area (Å²) in [5.41, 5.74) is 7.59. The Labute approximate surface area is 121 Å². The van der Waals surface area contributed by atoms with Gasteiger partial charge in [-0.1, -0.05) is 11.6 Å². The topological polar surface area (TPSA) is 70.1 Å². The number of nitrogens with two attached hydrogens (primary N) is 1. The molecule has 0 aliphatic rings. The van der Waals surface area contributed by atoms with Crippen molar-refractivity contribution in [2.75, 3.05) is 7.11 Å². The number of rotatable bonds is 3. The van der Waals surface area contributed by atoms with Crippen molar-refractivity contribution in [3.05, 3.63) is 45.2 Å². The summed E-state index contributed by atoms with van der Waals surface area (Å²) in [6.45, 7) is 1.77. The molecule has 1 atom stereocenters. The second-order valence-electron chi connectivity index (χ2n) is 4.55. The van der Waals surface area contributed by atoms with Crippen molar-refractivity contribution in [3.63, 3.8) is 0 Å². The van der Waals surface area contributed by atoms with Crippen molar-refractivity contribution in [1.29, 1.82) is 0 Å². The van der Waals surface area contributed by atoms with E-state index < -0.39 is 0 Å². The van der Waals surface area contributed by atoms with Crippen LogP contribution in [-0.4, -0.2) is 16.9 Å². The van der Waals surface area contributed by atoms with Gasteiger partial charge in [-0.25, -0.2) is 4.68 Å². The summed E-state index contributed by atoms with van der Waals surface area (Å²) >= 11 is 6.11. The molecule has 1 unspecified atom stereocenters. The lowest BCUT2D eigenvalue weighted by Crippen LogP contribution is -2.27. The van der Waals surface area contributed by atoms with Gasteiger partial charge in [0.1, 0.15) is 5.75 Å². The predicted molar refractivity (Wildman–Crippen MR) is 79.1 cm³/mol. The summed E-state index contributed by atoms with van der Waals surface area (Å²) in [6, 6.07) is 6.69. The van der Waals surface area contributed by atoms with E-state index in [4.69, 9.17) is 22.1 Å². The smallest absolute Gasteiger partial charge is 0.271 e. The van der Waals surface area contributed by atoms with Crippen LogP contribution in [0.3, 0.4) is 0 Å². The van der Waals surface area contributed by atoms with Crippen LogP contribution in [0.5, 0.6) is 5.75 Å². The van der Waals surface area contributed by atoms with E-state index in [0.717, 1.165) is 5.56 Å². The minimum Gasteiger partial charge on any atom is -0.495 e. The van der Waals surface area contributed by atoms with Gasteiger partial charge in [0.15, 0.2) is 0 Å². The van der Waals surface area contributed by atoms with Crippen LogP contribution < -0.4 is 16.0 Å². The number of hydrogen-bond donors (Lipinski definition) is 1. The quantitative estimate of drug-likeness (QED) is 0.941. The molecule has 0 radical (unpaired) electrons. The maximum atomic E-state index is 11.9. The lowest BCUT2D eigenvalue weighted by atomic mass is 10.1. The number of nitrogens with zero attached hydrogens (tertiary/aromatic N) is 2. The first-order chi connectivity index (χ1) is 9.43. The second-order valence-corrected chi connectivity index (χ2v) is 4.96. The Morgan fingerprint density at radius 1 is 1.40 bits per heavy atom. The fourth-order valence-corrected chi connectivity index (χ4v) is 2.18. The van der Waals surface area contributed by atoms with Gasteiger partial charge in [0.05, 0.1) is 17.8 Å². The monoisotopic (exact) mass is 293 g/mol. The number of aromatic nitrogens is 2. The van der Waals surface area contributed by atoms with Crippen LogP contribution in [0.15, 0.2) is 29.1 Å². The van der Waals surface area contributed by atoms with E-state index in [1.807, 2.05) is 6.07 Å². The first-order valence-electron chi connectivity index (χ1n) is 6.11. The van der Waals surface area contributed by atoms with Gasteiger partial charge in [0.2, 0.25) is 0 Å². The number of aryl methyl sites for hydroxylation is 1. The van der Waals surface area contributed by atoms with Crippen molar-refractivity contribution >= 4 is 11.6 Å². The van der Waals surface area contributed by atoms with Crippen molar-refractivity contribution < 1.29 is 4.74 Å². The van der Waals surface area contributed by atoms with Crippen LogP contribution in [-0.2, 0) is 7.05 Å². The van der Waals surface area contributed by atoms with Gasteiger partial charge >= 0.3 is 0 Å². The molecule has 0 saturated carbocycles. The maximum Gasteiger partial charge on any atom is 0.271 e. The Bertz CT molecular complexity index is 695. The minimum absolute atomic E-state index is 0.191. The van der Waals surface area contributed by atoms with Gasteiger partial charge in [-0.2, -0.15) is 5.10 Å². The fraction of sp³-hybridized carbons (Fsp3) is 0.286. The minimum atomic E-state index is -0.357. The van der Waals surface area contributed by atoms with Crippen molar-refractivity contribution in [2.24, 2.45) is 12.8 Å². The van der Waals surface area contributed by atoms with Crippen molar-refractivity contribution in [1.82, 2.24) is 9.78 Å². The predicted octanol–water partition coefficient (Wildman–Crippen LogP) is 2.13. The molecular weight excluding hydrogens is 278 g/mol. The molecule has 0 aliphatic heterocycles. The van der Waals surface area contributed by atoms with Crippen LogP contribution in [0.4, 0.5) is 0 Å². The van der Waals surface area contributed by atoms with Crippen LogP contribution in [0.25, 0.3) is 11.3 Å². The molecule has 0 aliphatic carbocycles. The molecule has 1 aromatic carbocycles. The molecular formula is C14H16ClN3O2. The largest absolute Gasteiger partial charge is 0.495 e. The lowest BCUT2D eigenvalue weighted by molar-refractivity contribution is 0.415. The lowest BCUT2D eigenvalue weighted by Gasteiger charge is -2.11. The third kappa shape index (κ3) is 2.69. The zero-order chi connectivity index (χ0) is 14.9. The first kappa shape index (κ1) is 14.6. The highest BCUT2D eigenvalue weighted by Gasteiger charge is 2.12. The molecule has 0 amide bonds. The number of ether oxygens (including phenoxy) is 1. The molecule has 0 fully saturated rings. The van der Waals surface area contributed by atoms with E-state index in [1.54, 1.807) is 39.3 Å². The van der Waals surface area contributed by atoms with Crippen molar-refractivity contribution in [2.45, 2.75) is 13.0 Å². The Balaban J connectivity index is 2.58. The number of halogens is 1. The molecule has 2 N–H and O–H groups in total. The molecule has 0 saturated heterocycles. The average Bonchev–Trinajstić information content (AvgIpc) is 2.41. The van der Waals surface area contributed by atoms with Crippen LogP contribution in [0.1, 0.15) is 18.5 Å². The highest BCUT2D eigenvalue weighted by atomic mass is 35.5. The molecule has 1 heterocycles. The Hall–Kier alpha value is -1.85. The van der Waals surface area contributed by atoms with Gasteiger partial charge in [-0.3, -0.25) is 4.79 Å². The number of benzene rings is 1. The highest BCUT2D eigenvalue weighted by Crippen LogP contribution is 2.29. The van der Waals surface area contributed by atoms with Crippen LogP contribution in [0, 0.1) is 0 Å². The number of methoxy groups -OCH3 is 1. The third-order valence-electron chi connectivity index (χ3n) is 3.03. The molecule has 5 nitrogen and oxygen atoms in total. The summed E-state index contributed by atoms with van der Waals surface area (Å²) in [4.78, 5) is 11.9. The highest BCUT2D eigenvalue weighted by molar-refractivity contribution is 6.32.